The zero-order chi connectivity index (χ0) is 16.9. The maximum atomic E-state index is 12.3. The van der Waals surface area contributed by atoms with E-state index < -0.39 is 5.76 Å². The molecule has 0 aliphatic rings. The van der Waals surface area contributed by atoms with Crippen molar-refractivity contribution in [3.05, 3.63) is 59.1 Å². The fourth-order valence-electron chi connectivity index (χ4n) is 2.40. The van der Waals surface area contributed by atoms with E-state index in [1.54, 1.807) is 36.4 Å². The highest BCUT2D eigenvalue weighted by Gasteiger charge is 2.13. The fourth-order valence-corrected chi connectivity index (χ4v) is 2.40. The molecular weight excluding hydrogens is 308 g/mol. The Morgan fingerprint density at radius 1 is 1.17 bits per heavy atom. The van der Waals surface area contributed by atoms with Crippen LogP contribution in [0, 0.1) is 0 Å². The minimum Gasteiger partial charge on any atom is -0.491 e. The zero-order valence-corrected chi connectivity index (χ0v) is 13.3. The van der Waals surface area contributed by atoms with Crippen LogP contribution in [0.5, 0.6) is 5.75 Å². The van der Waals surface area contributed by atoms with E-state index in [4.69, 9.17) is 9.15 Å². The number of para-hydroxylation sites is 4. The number of oxazole rings is 1. The minimum atomic E-state index is -0.554. The molecule has 1 N–H and O–H groups in total. The number of hydrogen-bond donors (Lipinski definition) is 1. The number of anilines is 1. The van der Waals surface area contributed by atoms with Crippen molar-refractivity contribution in [1.82, 2.24) is 4.57 Å². The Kier molecular flexibility index (Phi) is 4.65. The first-order chi connectivity index (χ1) is 11.7. The Morgan fingerprint density at radius 2 is 1.92 bits per heavy atom. The molecule has 0 unspecified atom stereocenters. The van der Waals surface area contributed by atoms with Crippen molar-refractivity contribution >= 4 is 22.7 Å². The molecule has 1 aromatic heterocycles. The molecule has 0 spiro atoms. The zero-order valence-electron chi connectivity index (χ0n) is 13.3. The number of amides is 1. The molecule has 3 aromatic rings. The van der Waals surface area contributed by atoms with E-state index in [9.17, 15) is 9.59 Å². The number of benzene rings is 2. The van der Waals surface area contributed by atoms with Gasteiger partial charge < -0.3 is 14.5 Å². The number of aromatic nitrogens is 1. The molecular formula is C18H18N2O4. The molecule has 0 aliphatic heterocycles. The van der Waals surface area contributed by atoms with E-state index in [1.807, 2.05) is 19.1 Å². The van der Waals surface area contributed by atoms with Gasteiger partial charge in [0.2, 0.25) is 5.91 Å². The van der Waals surface area contributed by atoms with Gasteiger partial charge in [-0.2, -0.15) is 0 Å². The third-order valence-corrected chi connectivity index (χ3v) is 3.50. The van der Waals surface area contributed by atoms with Gasteiger partial charge in [0.15, 0.2) is 5.58 Å². The van der Waals surface area contributed by atoms with Crippen LogP contribution in [0.25, 0.3) is 11.1 Å². The summed E-state index contributed by atoms with van der Waals surface area (Å²) >= 11 is 0. The average molecular weight is 326 g/mol. The molecule has 24 heavy (non-hydrogen) atoms. The number of carbonyl (C=O) groups is 1. The van der Waals surface area contributed by atoms with E-state index in [1.165, 1.54) is 4.57 Å². The van der Waals surface area contributed by atoms with Crippen LogP contribution in [0.15, 0.2) is 57.7 Å². The molecule has 1 heterocycles. The van der Waals surface area contributed by atoms with Crippen molar-refractivity contribution in [2.24, 2.45) is 0 Å². The lowest BCUT2D eigenvalue weighted by Crippen LogP contribution is -2.25. The van der Waals surface area contributed by atoms with Crippen LogP contribution in [0.4, 0.5) is 5.69 Å². The lowest BCUT2D eigenvalue weighted by atomic mass is 10.3. The first kappa shape index (κ1) is 15.9. The molecule has 0 radical (unpaired) electrons. The standard InChI is InChI=1S/C18H18N2O4/c1-2-11-23-15-9-5-3-7-13(15)19-17(21)12-20-14-8-4-6-10-16(14)24-18(20)22/h3-10H,2,11-12H2,1H3,(H,19,21). The lowest BCUT2D eigenvalue weighted by Gasteiger charge is -2.12. The van der Waals surface area contributed by atoms with Gasteiger partial charge in [-0.1, -0.05) is 31.2 Å². The van der Waals surface area contributed by atoms with Gasteiger partial charge in [-0.25, -0.2) is 4.79 Å². The Labute approximate surface area is 138 Å². The SMILES string of the molecule is CCCOc1ccccc1NC(=O)Cn1c(=O)oc2ccccc21. The van der Waals surface area contributed by atoms with Crippen molar-refractivity contribution in [3.63, 3.8) is 0 Å². The summed E-state index contributed by atoms with van der Waals surface area (Å²) in [4.78, 5) is 24.3. The van der Waals surface area contributed by atoms with Gasteiger partial charge in [-0.15, -0.1) is 0 Å². The van der Waals surface area contributed by atoms with Crippen LogP contribution in [0.1, 0.15) is 13.3 Å². The van der Waals surface area contributed by atoms with Crippen LogP contribution < -0.4 is 15.8 Å². The highest BCUT2D eigenvalue weighted by molar-refractivity contribution is 5.92. The maximum absolute atomic E-state index is 12.3. The summed E-state index contributed by atoms with van der Waals surface area (Å²) in [7, 11) is 0. The molecule has 3 rings (SSSR count). The largest absolute Gasteiger partial charge is 0.491 e. The summed E-state index contributed by atoms with van der Waals surface area (Å²) in [6.07, 6.45) is 0.874. The Bertz CT molecular complexity index is 911. The molecule has 0 saturated carbocycles. The molecule has 2 aromatic carbocycles. The average Bonchev–Trinajstić information content (AvgIpc) is 2.90. The van der Waals surface area contributed by atoms with Gasteiger partial charge in [0.1, 0.15) is 12.3 Å². The van der Waals surface area contributed by atoms with Crippen molar-refractivity contribution in [2.75, 3.05) is 11.9 Å². The predicted molar refractivity (Wildman–Crippen MR) is 91.3 cm³/mol. The summed E-state index contributed by atoms with van der Waals surface area (Å²) in [5, 5.41) is 2.78. The van der Waals surface area contributed by atoms with E-state index in [-0.39, 0.29) is 12.5 Å². The lowest BCUT2D eigenvalue weighted by molar-refractivity contribution is -0.116. The fraction of sp³-hybridized carbons (Fsp3) is 0.222. The minimum absolute atomic E-state index is 0.127. The topological polar surface area (TPSA) is 73.5 Å². The van der Waals surface area contributed by atoms with Crippen molar-refractivity contribution < 1.29 is 13.9 Å². The summed E-state index contributed by atoms with van der Waals surface area (Å²) in [6.45, 7) is 2.45. The molecule has 6 heteroatoms. The van der Waals surface area contributed by atoms with Gasteiger partial charge >= 0.3 is 5.76 Å². The van der Waals surface area contributed by atoms with Gasteiger partial charge in [-0.05, 0) is 30.7 Å². The number of fused-ring (bicyclic) bond motifs is 1. The highest BCUT2D eigenvalue weighted by atomic mass is 16.5. The second kappa shape index (κ2) is 7.04. The summed E-state index contributed by atoms with van der Waals surface area (Å²) in [5.41, 5.74) is 1.63. The number of ether oxygens (including phenoxy) is 1. The van der Waals surface area contributed by atoms with E-state index >= 15 is 0 Å². The normalized spacial score (nSPS) is 10.7. The third kappa shape index (κ3) is 3.32. The van der Waals surface area contributed by atoms with Crippen LogP contribution >= 0.6 is 0 Å². The Balaban J connectivity index is 1.79. The second-order valence-corrected chi connectivity index (χ2v) is 5.31. The van der Waals surface area contributed by atoms with Crippen LogP contribution in [-0.4, -0.2) is 17.1 Å². The van der Waals surface area contributed by atoms with Gasteiger partial charge in [0.05, 0.1) is 17.8 Å². The number of nitrogens with one attached hydrogen (secondary N) is 1. The van der Waals surface area contributed by atoms with Crippen LogP contribution in [-0.2, 0) is 11.3 Å². The third-order valence-electron chi connectivity index (χ3n) is 3.50. The van der Waals surface area contributed by atoms with Crippen molar-refractivity contribution in [2.45, 2.75) is 19.9 Å². The number of hydrogen-bond acceptors (Lipinski definition) is 4. The smallest absolute Gasteiger partial charge is 0.420 e. The monoisotopic (exact) mass is 326 g/mol. The maximum Gasteiger partial charge on any atom is 0.420 e. The van der Waals surface area contributed by atoms with Gasteiger partial charge in [-0.3, -0.25) is 9.36 Å². The predicted octanol–water partition coefficient (Wildman–Crippen LogP) is 3.02. The first-order valence-corrected chi connectivity index (χ1v) is 7.79. The number of carbonyl (C=O) groups excluding carboxylic acids is 1. The molecule has 1 amide bonds. The van der Waals surface area contributed by atoms with E-state index in [0.717, 1.165) is 6.42 Å². The summed E-state index contributed by atoms with van der Waals surface area (Å²) < 4.78 is 12.1. The number of nitrogens with zero attached hydrogens (tertiary/aromatic N) is 1. The Morgan fingerprint density at radius 3 is 2.75 bits per heavy atom. The Hall–Kier alpha value is -3.02. The molecule has 0 atom stereocenters. The van der Waals surface area contributed by atoms with E-state index in [0.29, 0.717) is 29.1 Å². The van der Waals surface area contributed by atoms with Gasteiger partial charge in [0.25, 0.3) is 0 Å². The second-order valence-electron chi connectivity index (χ2n) is 5.31. The molecule has 0 saturated heterocycles. The van der Waals surface area contributed by atoms with Crippen LogP contribution in [0.3, 0.4) is 0 Å². The molecule has 0 bridgehead atoms. The quantitative estimate of drug-likeness (QED) is 0.755. The first-order valence-electron chi connectivity index (χ1n) is 7.79. The summed E-state index contributed by atoms with van der Waals surface area (Å²) in [5.74, 6) is -0.268. The molecule has 6 nitrogen and oxygen atoms in total. The van der Waals surface area contributed by atoms with Crippen LogP contribution in [0.2, 0.25) is 0 Å². The molecule has 0 aliphatic carbocycles. The molecule has 0 fully saturated rings. The number of rotatable bonds is 6. The highest BCUT2D eigenvalue weighted by Crippen LogP contribution is 2.24. The van der Waals surface area contributed by atoms with Crippen molar-refractivity contribution in [1.29, 1.82) is 0 Å². The molecule has 124 valence electrons. The summed E-state index contributed by atoms with van der Waals surface area (Å²) in [6, 6.07) is 14.2. The van der Waals surface area contributed by atoms with Crippen molar-refractivity contribution in [3.8, 4) is 5.75 Å². The van der Waals surface area contributed by atoms with Gasteiger partial charge in [0, 0.05) is 0 Å². The van der Waals surface area contributed by atoms with E-state index in [2.05, 4.69) is 5.32 Å².